The van der Waals surface area contributed by atoms with Gasteiger partial charge < -0.3 is 5.32 Å². The summed E-state index contributed by atoms with van der Waals surface area (Å²) in [5, 5.41) is 4.00. The summed E-state index contributed by atoms with van der Waals surface area (Å²) < 4.78 is 0. The SMILES string of the molecule is CC(C)(C)C1CC2(CCCCC2)CC(C(C)(C)C)N1. The zero-order valence-corrected chi connectivity index (χ0v) is 14.1. The van der Waals surface area contributed by atoms with Gasteiger partial charge in [0.05, 0.1) is 0 Å². The second-order valence-corrected chi connectivity index (χ2v) is 9.47. The molecule has 1 nitrogen and oxygen atoms in total. The van der Waals surface area contributed by atoms with E-state index in [1.54, 1.807) is 0 Å². The van der Waals surface area contributed by atoms with Gasteiger partial charge >= 0.3 is 0 Å². The van der Waals surface area contributed by atoms with Gasteiger partial charge in [-0.25, -0.2) is 0 Å². The number of nitrogens with one attached hydrogen (secondary N) is 1. The van der Waals surface area contributed by atoms with Gasteiger partial charge in [-0.3, -0.25) is 0 Å². The van der Waals surface area contributed by atoms with Crippen LogP contribution in [0.2, 0.25) is 0 Å². The first-order valence-electron chi connectivity index (χ1n) is 8.39. The molecular formula is C18H35N. The third-order valence-corrected chi connectivity index (χ3v) is 5.68. The van der Waals surface area contributed by atoms with Crippen LogP contribution in [0.15, 0.2) is 0 Å². The molecule has 19 heavy (non-hydrogen) atoms. The van der Waals surface area contributed by atoms with Gasteiger partial charge in [-0.05, 0) is 41.9 Å². The molecule has 1 heterocycles. The van der Waals surface area contributed by atoms with Crippen molar-refractivity contribution in [2.45, 2.75) is 98.6 Å². The van der Waals surface area contributed by atoms with Crippen molar-refractivity contribution in [3.8, 4) is 0 Å². The smallest absolute Gasteiger partial charge is 0.0124 e. The Hall–Kier alpha value is -0.0400. The minimum absolute atomic E-state index is 0.383. The highest BCUT2D eigenvalue weighted by Gasteiger charge is 2.46. The molecule has 1 spiro atoms. The molecule has 0 amide bonds. The summed E-state index contributed by atoms with van der Waals surface area (Å²) in [6, 6.07) is 1.37. The minimum Gasteiger partial charge on any atom is -0.310 e. The summed E-state index contributed by atoms with van der Waals surface area (Å²) in [6.45, 7) is 14.5. The molecule has 2 rings (SSSR count). The molecular weight excluding hydrogens is 230 g/mol. The number of hydrogen-bond acceptors (Lipinski definition) is 1. The zero-order chi connectivity index (χ0) is 14.3. The molecule has 2 atom stereocenters. The normalized spacial score (nSPS) is 32.5. The molecule has 2 fully saturated rings. The molecule has 0 aromatic carbocycles. The maximum Gasteiger partial charge on any atom is 0.0124 e. The lowest BCUT2D eigenvalue weighted by Crippen LogP contribution is -2.59. The van der Waals surface area contributed by atoms with Gasteiger partial charge in [0.25, 0.3) is 0 Å². The predicted octanol–water partition coefficient (Wildman–Crippen LogP) is 5.15. The third kappa shape index (κ3) is 3.54. The van der Waals surface area contributed by atoms with Crippen LogP contribution in [-0.4, -0.2) is 12.1 Å². The maximum absolute atomic E-state index is 4.00. The third-order valence-electron chi connectivity index (χ3n) is 5.68. The van der Waals surface area contributed by atoms with E-state index in [-0.39, 0.29) is 0 Å². The monoisotopic (exact) mass is 265 g/mol. The Balaban J connectivity index is 2.21. The molecule has 0 aromatic heterocycles. The number of rotatable bonds is 0. The molecule has 0 bridgehead atoms. The molecule has 112 valence electrons. The second kappa shape index (κ2) is 5.06. The van der Waals surface area contributed by atoms with Crippen molar-refractivity contribution in [1.82, 2.24) is 5.32 Å². The van der Waals surface area contributed by atoms with Crippen LogP contribution in [0, 0.1) is 16.2 Å². The molecule has 1 saturated heterocycles. The summed E-state index contributed by atoms with van der Waals surface area (Å²) >= 11 is 0. The van der Waals surface area contributed by atoms with Gasteiger partial charge in [0.1, 0.15) is 0 Å². The van der Waals surface area contributed by atoms with Crippen molar-refractivity contribution in [1.29, 1.82) is 0 Å². The summed E-state index contributed by atoms with van der Waals surface area (Å²) in [4.78, 5) is 0. The van der Waals surface area contributed by atoms with E-state index in [1.807, 2.05) is 0 Å². The average molecular weight is 265 g/mol. The molecule has 0 aromatic rings. The molecule has 2 unspecified atom stereocenters. The maximum atomic E-state index is 4.00. The van der Waals surface area contributed by atoms with Crippen molar-refractivity contribution >= 4 is 0 Å². The van der Waals surface area contributed by atoms with E-state index in [9.17, 15) is 0 Å². The first-order chi connectivity index (χ1) is 8.62. The Kier molecular flexibility index (Phi) is 4.09. The Morgan fingerprint density at radius 2 is 1.16 bits per heavy atom. The predicted molar refractivity (Wildman–Crippen MR) is 84.4 cm³/mol. The molecule has 1 aliphatic heterocycles. The van der Waals surface area contributed by atoms with Crippen LogP contribution in [0.1, 0.15) is 86.5 Å². The van der Waals surface area contributed by atoms with Crippen LogP contribution in [0.5, 0.6) is 0 Å². The fourth-order valence-electron chi connectivity index (χ4n) is 4.13. The summed E-state index contributed by atoms with van der Waals surface area (Å²) in [5.41, 5.74) is 1.42. The van der Waals surface area contributed by atoms with E-state index >= 15 is 0 Å². The molecule has 1 N–H and O–H groups in total. The van der Waals surface area contributed by atoms with E-state index in [0.29, 0.717) is 28.3 Å². The summed E-state index contributed by atoms with van der Waals surface area (Å²) in [7, 11) is 0. The lowest BCUT2D eigenvalue weighted by molar-refractivity contribution is 0.0134. The molecule has 1 saturated carbocycles. The molecule has 2 aliphatic rings. The van der Waals surface area contributed by atoms with Crippen molar-refractivity contribution in [3.63, 3.8) is 0 Å². The van der Waals surface area contributed by atoms with Crippen LogP contribution in [0.3, 0.4) is 0 Å². The summed E-state index contributed by atoms with van der Waals surface area (Å²) in [6.07, 6.45) is 10.2. The standard InChI is InChI=1S/C18H35N/c1-16(2,3)14-12-18(10-8-7-9-11-18)13-15(19-14)17(4,5)6/h14-15,19H,7-13H2,1-6H3. The highest BCUT2D eigenvalue weighted by atomic mass is 15.0. The van der Waals surface area contributed by atoms with Crippen LogP contribution >= 0.6 is 0 Å². The Bertz CT molecular complexity index is 275. The van der Waals surface area contributed by atoms with Gasteiger partial charge in [-0.1, -0.05) is 60.8 Å². The average Bonchev–Trinajstić information content (AvgIpc) is 2.27. The van der Waals surface area contributed by atoms with Crippen molar-refractivity contribution in [2.75, 3.05) is 0 Å². The fraction of sp³-hybridized carbons (Fsp3) is 1.00. The number of hydrogen-bond donors (Lipinski definition) is 1. The Morgan fingerprint density at radius 1 is 0.737 bits per heavy atom. The molecule has 1 aliphatic carbocycles. The van der Waals surface area contributed by atoms with Crippen molar-refractivity contribution < 1.29 is 0 Å². The lowest BCUT2D eigenvalue weighted by atomic mass is 9.59. The Morgan fingerprint density at radius 3 is 1.53 bits per heavy atom. The van der Waals surface area contributed by atoms with E-state index < -0.39 is 0 Å². The van der Waals surface area contributed by atoms with Gasteiger partial charge in [0, 0.05) is 12.1 Å². The van der Waals surface area contributed by atoms with Crippen LogP contribution < -0.4 is 5.32 Å². The zero-order valence-electron chi connectivity index (χ0n) is 14.1. The van der Waals surface area contributed by atoms with Crippen LogP contribution in [0.4, 0.5) is 0 Å². The van der Waals surface area contributed by atoms with Crippen LogP contribution in [-0.2, 0) is 0 Å². The van der Waals surface area contributed by atoms with Crippen LogP contribution in [0.25, 0.3) is 0 Å². The molecule has 0 radical (unpaired) electrons. The van der Waals surface area contributed by atoms with Gasteiger partial charge in [0.15, 0.2) is 0 Å². The highest BCUT2D eigenvalue weighted by Crippen LogP contribution is 2.50. The van der Waals surface area contributed by atoms with E-state index in [4.69, 9.17) is 0 Å². The number of piperidine rings is 1. The van der Waals surface area contributed by atoms with Gasteiger partial charge in [-0.15, -0.1) is 0 Å². The lowest BCUT2D eigenvalue weighted by Gasteiger charge is -2.54. The fourth-order valence-corrected chi connectivity index (χ4v) is 4.13. The molecule has 1 heteroatoms. The van der Waals surface area contributed by atoms with Gasteiger partial charge in [0.2, 0.25) is 0 Å². The Labute approximate surface area is 120 Å². The first kappa shape index (κ1) is 15.4. The van der Waals surface area contributed by atoms with E-state index in [0.717, 1.165) is 0 Å². The largest absolute Gasteiger partial charge is 0.310 e. The topological polar surface area (TPSA) is 12.0 Å². The quantitative estimate of drug-likeness (QED) is 0.638. The van der Waals surface area contributed by atoms with Crippen molar-refractivity contribution in [2.24, 2.45) is 16.2 Å². The summed E-state index contributed by atoms with van der Waals surface area (Å²) in [5.74, 6) is 0. The first-order valence-corrected chi connectivity index (χ1v) is 8.39. The van der Waals surface area contributed by atoms with Crippen molar-refractivity contribution in [3.05, 3.63) is 0 Å². The minimum atomic E-state index is 0.383. The second-order valence-electron chi connectivity index (χ2n) is 9.47. The van der Waals surface area contributed by atoms with E-state index in [1.165, 1.54) is 44.9 Å². The van der Waals surface area contributed by atoms with E-state index in [2.05, 4.69) is 46.9 Å². The highest BCUT2D eigenvalue weighted by molar-refractivity contribution is 5.02. The van der Waals surface area contributed by atoms with Gasteiger partial charge in [-0.2, -0.15) is 0 Å².